The van der Waals surface area contributed by atoms with E-state index in [4.69, 9.17) is 0 Å². The van der Waals surface area contributed by atoms with Gasteiger partial charge in [0, 0.05) is 32.7 Å². The van der Waals surface area contributed by atoms with Crippen LogP contribution in [0.5, 0.6) is 0 Å². The van der Waals surface area contributed by atoms with Crippen LogP contribution in [-0.2, 0) is 16.2 Å². The van der Waals surface area contributed by atoms with Crippen LogP contribution in [0.1, 0.15) is 17.2 Å². The number of alkyl halides is 3. The molecule has 3 rings (SSSR count). The first-order chi connectivity index (χ1) is 13.2. The zero-order valence-corrected chi connectivity index (χ0v) is 15.8. The van der Waals surface area contributed by atoms with Gasteiger partial charge in [0.05, 0.1) is 16.6 Å². The van der Waals surface area contributed by atoms with Gasteiger partial charge in [-0.1, -0.05) is 30.3 Å². The molecule has 2 aromatic rings. The molecule has 0 amide bonds. The Hall–Kier alpha value is -1.94. The number of hydrogen-bond donors (Lipinski definition) is 1. The third-order valence-corrected chi connectivity index (χ3v) is 6.68. The number of rotatable bonds is 5. The number of hydrogen-bond acceptors (Lipinski definition) is 4. The minimum atomic E-state index is -4.51. The van der Waals surface area contributed by atoms with Gasteiger partial charge in [0.1, 0.15) is 0 Å². The monoisotopic (exact) mass is 414 g/mol. The van der Waals surface area contributed by atoms with Crippen LogP contribution in [-0.4, -0.2) is 55.5 Å². The molecule has 0 aromatic heterocycles. The summed E-state index contributed by atoms with van der Waals surface area (Å²) in [5, 5.41) is 10.3. The molecule has 0 bridgehead atoms. The smallest absolute Gasteiger partial charge is 0.387 e. The van der Waals surface area contributed by atoms with Crippen molar-refractivity contribution in [3.05, 3.63) is 65.7 Å². The molecular formula is C19H21F3N2O3S. The molecule has 0 aliphatic carbocycles. The average Bonchev–Trinajstić information content (AvgIpc) is 2.68. The van der Waals surface area contributed by atoms with Crippen LogP contribution in [0, 0.1) is 0 Å². The van der Waals surface area contributed by atoms with Crippen molar-refractivity contribution in [2.24, 2.45) is 0 Å². The summed E-state index contributed by atoms with van der Waals surface area (Å²) in [6.45, 7) is 1.68. The highest BCUT2D eigenvalue weighted by atomic mass is 32.2. The lowest BCUT2D eigenvalue weighted by Gasteiger charge is -2.35. The van der Waals surface area contributed by atoms with Crippen molar-refractivity contribution in [1.82, 2.24) is 9.21 Å². The van der Waals surface area contributed by atoms with E-state index < -0.39 is 27.9 Å². The van der Waals surface area contributed by atoms with Gasteiger partial charge < -0.3 is 5.11 Å². The zero-order valence-electron chi connectivity index (χ0n) is 15.0. The van der Waals surface area contributed by atoms with E-state index in [-0.39, 0.29) is 18.0 Å². The number of sulfonamides is 1. The fourth-order valence-corrected chi connectivity index (χ4v) is 4.56. The lowest BCUT2D eigenvalue weighted by Crippen LogP contribution is -2.49. The van der Waals surface area contributed by atoms with Gasteiger partial charge in [-0.2, -0.15) is 17.5 Å². The van der Waals surface area contributed by atoms with Gasteiger partial charge >= 0.3 is 6.18 Å². The fraction of sp³-hybridized carbons (Fsp3) is 0.368. The predicted molar refractivity (Wildman–Crippen MR) is 98.0 cm³/mol. The minimum absolute atomic E-state index is 0.154. The van der Waals surface area contributed by atoms with E-state index in [1.54, 1.807) is 0 Å². The number of β-amino-alcohol motifs (C(OH)–C–C–N with tert-alkyl or cyclic N) is 1. The second kappa shape index (κ2) is 8.20. The van der Waals surface area contributed by atoms with Crippen LogP contribution in [0.2, 0.25) is 0 Å². The summed E-state index contributed by atoms with van der Waals surface area (Å²) in [5.41, 5.74) is -0.0894. The number of aliphatic hydroxyl groups is 1. The first-order valence-electron chi connectivity index (χ1n) is 8.81. The molecule has 0 spiro atoms. The highest BCUT2D eigenvalue weighted by molar-refractivity contribution is 7.89. The Balaban J connectivity index is 1.60. The molecule has 5 nitrogen and oxygen atoms in total. The van der Waals surface area contributed by atoms with Crippen LogP contribution >= 0.6 is 0 Å². The topological polar surface area (TPSA) is 60.9 Å². The largest absolute Gasteiger partial charge is 0.416 e. The molecule has 1 N–H and O–H groups in total. The molecule has 1 saturated heterocycles. The Morgan fingerprint density at radius 1 is 0.929 bits per heavy atom. The van der Waals surface area contributed by atoms with Gasteiger partial charge in [0.15, 0.2) is 0 Å². The van der Waals surface area contributed by atoms with Gasteiger partial charge in [0.25, 0.3) is 0 Å². The van der Waals surface area contributed by atoms with Crippen molar-refractivity contribution in [2.45, 2.75) is 17.2 Å². The van der Waals surface area contributed by atoms with E-state index in [0.29, 0.717) is 19.6 Å². The highest BCUT2D eigenvalue weighted by Crippen LogP contribution is 2.30. The number of aliphatic hydroxyl groups excluding tert-OH is 1. The molecule has 1 atom stereocenters. The lowest BCUT2D eigenvalue weighted by molar-refractivity contribution is -0.137. The van der Waals surface area contributed by atoms with Crippen LogP contribution in [0.25, 0.3) is 0 Å². The third kappa shape index (κ3) is 4.72. The van der Waals surface area contributed by atoms with Crippen molar-refractivity contribution >= 4 is 10.0 Å². The number of halogens is 3. The molecule has 2 aromatic carbocycles. The van der Waals surface area contributed by atoms with Crippen molar-refractivity contribution in [3.8, 4) is 0 Å². The maximum absolute atomic E-state index is 12.7. The summed E-state index contributed by atoms with van der Waals surface area (Å²) >= 11 is 0. The van der Waals surface area contributed by atoms with Crippen molar-refractivity contribution in [3.63, 3.8) is 0 Å². The summed E-state index contributed by atoms with van der Waals surface area (Å²) in [6.07, 6.45) is -5.17. The summed E-state index contributed by atoms with van der Waals surface area (Å²) < 4.78 is 64.6. The average molecular weight is 414 g/mol. The molecule has 1 heterocycles. The normalized spacial score (nSPS) is 18.1. The highest BCUT2D eigenvalue weighted by Gasteiger charge is 2.32. The van der Waals surface area contributed by atoms with Crippen LogP contribution in [0.4, 0.5) is 13.2 Å². The summed E-state index contributed by atoms with van der Waals surface area (Å²) in [6, 6.07) is 12.7. The Morgan fingerprint density at radius 3 is 2.04 bits per heavy atom. The standard InChI is InChI=1S/C19H21F3N2O3S/c20-19(21,22)16-6-8-17(9-7-16)28(26,27)24-12-10-23(11-13-24)14-18(25)15-4-2-1-3-5-15/h1-9,18,25H,10-14H2/t18-/m1/s1. The Morgan fingerprint density at radius 2 is 1.50 bits per heavy atom. The molecule has 0 unspecified atom stereocenters. The SMILES string of the molecule is O=S(=O)(c1ccc(C(F)(F)F)cc1)N1CCN(C[C@@H](O)c2ccccc2)CC1. The molecule has 1 fully saturated rings. The summed E-state index contributed by atoms with van der Waals surface area (Å²) in [7, 11) is -3.85. The van der Waals surface area contributed by atoms with Crippen molar-refractivity contribution in [2.75, 3.05) is 32.7 Å². The Bertz CT molecular complexity index is 879. The maximum Gasteiger partial charge on any atom is 0.416 e. The molecule has 9 heteroatoms. The van der Waals surface area contributed by atoms with Crippen LogP contribution in [0.3, 0.4) is 0 Å². The van der Waals surface area contributed by atoms with Gasteiger partial charge in [-0.15, -0.1) is 0 Å². The van der Waals surface area contributed by atoms with Gasteiger partial charge in [-0.25, -0.2) is 8.42 Å². The second-order valence-electron chi connectivity index (χ2n) is 6.65. The Labute approximate surface area is 162 Å². The maximum atomic E-state index is 12.7. The summed E-state index contributed by atoms with van der Waals surface area (Å²) in [4.78, 5) is 1.81. The zero-order chi connectivity index (χ0) is 20.4. The minimum Gasteiger partial charge on any atom is -0.387 e. The van der Waals surface area contributed by atoms with E-state index in [1.807, 2.05) is 35.2 Å². The lowest BCUT2D eigenvalue weighted by atomic mass is 10.1. The molecular weight excluding hydrogens is 393 g/mol. The number of nitrogens with zero attached hydrogens (tertiary/aromatic N) is 2. The first kappa shape index (κ1) is 20.8. The second-order valence-corrected chi connectivity index (χ2v) is 8.59. The molecule has 28 heavy (non-hydrogen) atoms. The van der Waals surface area contributed by atoms with E-state index in [2.05, 4.69) is 0 Å². The van der Waals surface area contributed by atoms with E-state index in [0.717, 1.165) is 29.8 Å². The molecule has 1 aliphatic heterocycles. The van der Waals surface area contributed by atoms with E-state index in [1.165, 1.54) is 4.31 Å². The Kier molecular flexibility index (Phi) is 6.09. The third-order valence-electron chi connectivity index (χ3n) is 4.77. The summed E-state index contributed by atoms with van der Waals surface area (Å²) in [5.74, 6) is 0. The molecule has 0 saturated carbocycles. The molecule has 1 aliphatic rings. The van der Waals surface area contributed by atoms with Gasteiger partial charge in [-0.3, -0.25) is 4.90 Å². The van der Waals surface area contributed by atoms with Crippen LogP contribution < -0.4 is 0 Å². The molecule has 0 radical (unpaired) electrons. The van der Waals surface area contributed by atoms with Crippen molar-refractivity contribution in [1.29, 1.82) is 0 Å². The van der Waals surface area contributed by atoms with Gasteiger partial charge in [-0.05, 0) is 29.8 Å². The van der Waals surface area contributed by atoms with Crippen LogP contribution in [0.15, 0.2) is 59.5 Å². The number of benzene rings is 2. The van der Waals surface area contributed by atoms with E-state index >= 15 is 0 Å². The van der Waals surface area contributed by atoms with Gasteiger partial charge in [0.2, 0.25) is 10.0 Å². The van der Waals surface area contributed by atoms with Crippen molar-refractivity contribution < 1.29 is 26.7 Å². The number of piperazine rings is 1. The van der Waals surface area contributed by atoms with E-state index in [9.17, 15) is 26.7 Å². The quantitative estimate of drug-likeness (QED) is 0.818. The molecule has 152 valence electrons. The first-order valence-corrected chi connectivity index (χ1v) is 10.2. The predicted octanol–water partition coefficient (Wildman–Crippen LogP) is 2.75. The fourth-order valence-electron chi connectivity index (χ4n) is 3.14.